The molecule has 240 valence electrons. The van der Waals surface area contributed by atoms with Gasteiger partial charge in [0, 0.05) is 45.8 Å². The Balaban J connectivity index is 1.14. The first kappa shape index (κ1) is 31.6. The molecule has 0 aromatic heterocycles. The van der Waals surface area contributed by atoms with Crippen molar-refractivity contribution < 1.29 is 29.1 Å². The third-order valence-electron chi connectivity index (χ3n) is 9.26. The highest BCUT2D eigenvalue weighted by Crippen LogP contribution is 2.39. The van der Waals surface area contributed by atoms with Crippen LogP contribution in [0.1, 0.15) is 38.2 Å². The van der Waals surface area contributed by atoms with E-state index in [0.717, 1.165) is 11.3 Å². The first-order valence-electron chi connectivity index (χ1n) is 15.3. The molecule has 3 heterocycles. The third-order valence-corrected chi connectivity index (χ3v) is 9.26. The zero-order valence-corrected chi connectivity index (χ0v) is 25.7. The number of hydrogen-bond acceptors (Lipinski definition) is 6. The monoisotopic (exact) mass is 619 g/mol. The van der Waals surface area contributed by atoms with Gasteiger partial charge in [-0.2, -0.15) is 0 Å². The molecule has 2 aromatic rings. The summed E-state index contributed by atoms with van der Waals surface area (Å²) in [6.07, 6.45) is 1.81. The smallest absolute Gasteiger partial charge is 0.328 e. The number of nitrogens with one attached hydrogen (secondary N) is 3. The number of piperidine rings is 2. The van der Waals surface area contributed by atoms with Gasteiger partial charge in [-0.25, -0.2) is 14.4 Å². The Kier molecular flexibility index (Phi) is 9.16. The van der Waals surface area contributed by atoms with Crippen LogP contribution in [0, 0.1) is 0 Å². The number of anilines is 1. The molecule has 45 heavy (non-hydrogen) atoms. The van der Waals surface area contributed by atoms with E-state index in [9.17, 15) is 29.1 Å². The van der Waals surface area contributed by atoms with E-state index in [0.29, 0.717) is 58.5 Å². The van der Waals surface area contributed by atoms with Gasteiger partial charge in [-0.1, -0.05) is 48.5 Å². The predicted molar refractivity (Wildman–Crippen MR) is 166 cm³/mol. The van der Waals surface area contributed by atoms with Crippen LogP contribution in [0.3, 0.4) is 0 Å². The zero-order valence-electron chi connectivity index (χ0n) is 25.7. The van der Waals surface area contributed by atoms with Gasteiger partial charge in [-0.05, 0) is 43.4 Å². The first-order valence-corrected chi connectivity index (χ1v) is 15.3. The summed E-state index contributed by atoms with van der Waals surface area (Å²) in [5.41, 5.74) is 0.541. The fourth-order valence-corrected chi connectivity index (χ4v) is 6.80. The van der Waals surface area contributed by atoms with Crippen LogP contribution in [-0.2, 0) is 19.9 Å². The second-order valence-electron chi connectivity index (χ2n) is 12.1. The molecule has 13 heteroatoms. The minimum atomic E-state index is -1.34. The summed E-state index contributed by atoms with van der Waals surface area (Å²) in [5, 5.41) is 18.1. The maximum atomic E-state index is 13.3. The van der Waals surface area contributed by atoms with E-state index in [1.165, 1.54) is 11.8 Å². The van der Waals surface area contributed by atoms with Crippen molar-refractivity contribution in [3.05, 3.63) is 66.2 Å². The molecule has 1 unspecified atom stereocenters. The average molecular weight is 620 g/mol. The van der Waals surface area contributed by atoms with Crippen molar-refractivity contribution in [3.8, 4) is 0 Å². The third kappa shape index (κ3) is 6.52. The molecule has 0 bridgehead atoms. The maximum absolute atomic E-state index is 13.3. The number of aliphatic carboxylic acids is 1. The van der Waals surface area contributed by atoms with Crippen molar-refractivity contribution in [2.24, 2.45) is 0 Å². The fourth-order valence-electron chi connectivity index (χ4n) is 6.80. The average Bonchev–Trinajstić information content (AvgIpc) is 3.28. The molecule has 3 aliphatic rings. The lowest BCUT2D eigenvalue weighted by molar-refractivity contribution is -0.139. The van der Waals surface area contributed by atoms with Gasteiger partial charge in [0.05, 0.1) is 18.8 Å². The van der Waals surface area contributed by atoms with Crippen LogP contribution >= 0.6 is 0 Å². The molecule has 6 amide bonds. The fraction of sp³-hybridized carbons (Fsp3) is 0.469. The van der Waals surface area contributed by atoms with E-state index in [1.54, 1.807) is 16.8 Å². The second-order valence-corrected chi connectivity index (χ2v) is 12.1. The van der Waals surface area contributed by atoms with E-state index in [4.69, 9.17) is 0 Å². The standard InChI is InChI=1S/C32H41N7O6/c1-23(40)35-31(24-9-5-3-6-10-24)13-17-38(18-14-31)30(45)34-26(27(41)42)21-33-29(44)37-19-15-32(16-20-37)28(43)36(2)22-39(32)25-11-7-4-8-12-25/h3-12,26H,13-22H2,1-2H3,(H,33,44)(H,34,45)(H,35,40)(H,41,42). The molecule has 5 rings (SSSR count). The molecule has 3 aliphatic heterocycles. The Labute approximate surface area is 262 Å². The molecule has 1 atom stereocenters. The predicted octanol–water partition coefficient (Wildman–Crippen LogP) is 1.76. The van der Waals surface area contributed by atoms with Crippen LogP contribution in [0.5, 0.6) is 0 Å². The maximum Gasteiger partial charge on any atom is 0.328 e. The zero-order chi connectivity index (χ0) is 32.2. The number of urea groups is 2. The van der Waals surface area contributed by atoms with E-state index >= 15 is 0 Å². The summed E-state index contributed by atoms with van der Waals surface area (Å²) in [4.78, 5) is 70.3. The summed E-state index contributed by atoms with van der Waals surface area (Å²) < 4.78 is 0. The number of carbonyl (C=O) groups is 5. The van der Waals surface area contributed by atoms with Crippen LogP contribution in [0.4, 0.5) is 15.3 Å². The Morgan fingerprint density at radius 1 is 0.844 bits per heavy atom. The topological polar surface area (TPSA) is 155 Å². The molecule has 0 saturated carbocycles. The molecule has 1 spiro atoms. The molecular weight excluding hydrogens is 578 g/mol. The van der Waals surface area contributed by atoms with E-state index < -0.39 is 35.2 Å². The summed E-state index contributed by atoms with van der Waals surface area (Å²) >= 11 is 0. The molecular formula is C32H41N7O6. The van der Waals surface area contributed by atoms with E-state index in [1.807, 2.05) is 60.7 Å². The van der Waals surface area contributed by atoms with Gasteiger partial charge in [-0.3, -0.25) is 9.59 Å². The number of nitrogens with zero attached hydrogens (tertiary/aromatic N) is 4. The largest absolute Gasteiger partial charge is 0.480 e. The van der Waals surface area contributed by atoms with Gasteiger partial charge in [0.2, 0.25) is 11.8 Å². The number of likely N-dealkylation sites (tertiary alicyclic amines) is 2. The lowest BCUT2D eigenvalue weighted by atomic mass is 9.81. The van der Waals surface area contributed by atoms with E-state index in [-0.39, 0.29) is 18.4 Å². The molecule has 3 saturated heterocycles. The second kappa shape index (κ2) is 13.0. The van der Waals surface area contributed by atoms with Crippen molar-refractivity contribution in [1.82, 2.24) is 30.7 Å². The van der Waals surface area contributed by atoms with Crippen molar-refractivity contribution in [3.63, 3.8) is 0 Å². The highest BCUT2D eigenvalue weighted by atomic mass is 16.4. The Morgan fingerprint density at radius 3 is 1.98 bits per heavy atom. The summed E-state index contributed by atoms with van der Waals surface area (Å²) in [6.45, 7) is 2.89. The number of benzene rings is 2. The molecule has 0 radical (unpaired) electrons. The Bertz CT molecular complexity index is 1410. The summed E-state index contributed by atoms with van der Waals surface area (Å²) in [7, 11) is 1.78. The number of carboxylic acids is 1. The SMILES string of the molecule is CC(=O)NC1(c2ccccc2)CCN(C(=O)NC(CNC(=O)N2CCC3(CC2)C(=O)N(C)CN3c2ccccc2)C(=O)O)CC1. The number of hydrogen-bond donors (Lipinski definition) is 4. The van der Waals surface area contributed by atoms with E-state index in [2.05, 4.69) is 20.9 Å². The van der Waals surface area contributed by atoms with Crippen molar-refractivity contribution in [2.45, 2.75) is 49.7 Å². The van der Waals surface area contributed by atoms with Gasteiger partial charge in [0.1, 0.15) is 11.6 Å². The van der Waals surface area contributed by atoms with Crippen molar-refractivity contribution >= 4 is 35.5 Å². The lowest BCUT2D eigenvalue weighted by Crippen LogP contribution is -2.60. The first-order chi connectivity index (χ1) is 21.5. The quantitative estimate of drug-likeness (QED) is 0.368. The number of rotatable bonds is 7. The van der Waals surface area contributed by atoms with Crippen molar-refractivity contribution in [2.75, 3.05) is 51.3 Å². The number of likely N-dealkylation sites (N-methyl/N-ethyl adjacent to an activating group) is 1. The molecule has 3 fully saturated rings. The number of carbonyl (C=O) groups excluding carboxylic acids is 4. The van der Waals surface area contributed by atoms with Gasteiger partial charge in [-0.15, -0.1) is 0 Å². The molecule has 4 N–H and O–H groups in total. The van der Waals surface area contributed by atoms with Crippen molar-refractivity contribution in [1.29, 1.82) is 0 Å². The lowest BCUT2D eigenvalue weighted by Gasteiger charge is -2.43. The van der Waals surface area contributed by atoms with Gasteiger partial charge in [0.25, 0.3) is 0 Å². The van der Waals surface area contributed by atoms with Crippen LogP contribution in [0.15, 0.2) is 60.7 Å². The Morgan fingerprint density at radius 2 is 1.40 bits per heavy atom. The molecule has 0 aliphatic carbocycles. The van der Waals surface area contributed by atoms with Crippen LogP contribution in [0.2, 0.25) is 0 Å². The molecule has 2 aromatic carbocycles. The van der Waals surface area contributed by atoms with Gasteiger partial charge in [0.15, 0.2) is 0 Å². The number of carboxylic acid groups (broad SMARTS) is 1. The molecule has 13 nitrogen and oxygen atoms in total. The van der Waals surface area contributed by atoms with Gasteiger partial charge < -0.3 is 40.7 Å². The highest BCUT2D eigenvalue weighted by molar-refractivity contribution is 5.93. The Hall–Kier alpha value is -4.81. The summed E-state index contributed by atoms with van der Waals surface area (Å²) in [5.74, 6) is -1.41. The van der Waals surface area contributed by atoms with Crippen LogP contribution in [-0.4, -0.2) is 108 Å². The normalized spacial score (nSPS) is 19.6. The highest BCUT2D eigenvalue weighted by Gasteiger charge is 2.53. The van der Waals surface area contributed by atoms with Gasteiger partial charge >= 0.3 is 18.0 Å². The van der Waals surface area contributed by atoms with Crippen LogP contribution < -0.4 is 20.9 Å². The minimum Gasteiger partial charge on any atom is -0.480 e. The van der Waals surface area contributed by atoms with Crippen LogP contribution in [0.25, 0.3) is 0 Å². The minimum absolute atomic E-state index is 0.0239. The number of amides is 6. The summed E-state index contributed by atoms with van der Waals surface area (Å²) in [6, 6.07) is 17.0. The number of para-hydroxylation sites is 1.